The van der Waals surface area contributed by atoms with Crippen LogP contribution in [0.1, 0.15) is 23.2 Å². The number of para-hydroxylation sites is 1. The van der Waals surface area contributed by atoms with Gasteiger partial charge in [-0.25, -0.2) is 8.42 Å². The highest BCUT2D eigenvalue weighted by molar-refractivity contribution is 7.92. The van der Waals surface area contributed by atoms with Crippen molar-refractivity contribution in [1.82, 2.24) is 0 Å². The number of rotatable bonds is 6. The molecule has 1 aliphatic carbocycles. The maximum absolute atomic E-state index is 12.4. The summed E-state index contributed by atoms with van der Waals surface area (Å²) in [5, 5.41) is 2.80. The fraction of sp³-hybridized carbons (Fsp3) is 0.278. The van der Waals surface area contributed by atoms with E-state index in [9.17, 15) is 13.2 Å². The number of anilines is 2. The summed E-state index contributed by atoms with van der Waals surface area (Å²) in [7, 11) is -1.80. The van der Waals surface area contributed by atoms with E-state index >= 15 is 0 Å². The average molecular weight is 360 g/mol. The lowest BCUT2D eigenvalue weighted by Gasteiger charge is -2.22. The molecule has 0 bridgehead atoms. The number of ether oxygens (including phenoxy) is 1. The minimum atomic E-state index is -3.31. The molecular weight excluding hydrogens is 340 g/mol. The number of nitrogens with one attached hydrogen (secondary N) is 1. The fourth-order valence-corrected chi connectivity index (χ4v) is 3.96. The van der Waals surface area contributed by atoms with Gasteiger partial charge in [0, 0.05) is 11.7 Å². The van der Waals surface area contributed by atoms with Gasteiger partial charge in [-0.05, 0) is 49.2 Å². The molecule has 0 atom stereocenters. The van der Waals surface area contributed by atoms with E-state index in [4.69, 9.17) is 4.74 Å². The predicted octanol–water partition coefficient (Wildman–Crippen LogP) is 2.88. The Bertz CT molecular complexity index is 874. The highest BCUT2D eigenvalue weighted by Crippen LogP contribution is 2.34. The van der Waals surface area contributed by atoms with Crippen molar-refractivity contribution in [3.8, 4) is 5.75 Å². The van der Waals surface area contributed by atoms with Crippen molar-refractivity contribution in [3.05, 3.63) is 54.1 Å². The van der Waals surface area contributed by atoms with Crippen LogP contribution in [0, 0.1) is 0 Å². The van der Waals surface area contributed by atoms with Crippen LogP contribution in [-0.4, -0.2) is 33.7 Å². The Morgan fingerprint density at radius 2 is 1.76 bits per heavy atom. The monoisotopic (exact) mass is 360 g/mol. The summed E-state index contributed by atoms with van der Waals surface area (Å²) in [6.07, 6.45) is 2.96. The molecule has 1 fully saturated rings. The lowest BCUT2D eigenvalue weighted by molar-refractivity contribution is 0.102. The van der Waals surface area contributed by atoms with Crippen LogP contribution in [0.3, 0.4) is 0 Å². The maximum Gasteiger partial charge on any atom is 0.259 e. The first-order valence-corrected chi connectivity index (χ1v) is 9.79. The summed E-state index contributed by atoms with van der Waals surface area (Å²) in [5.74, 6) is 0.209. The number of carbonyl (C=O) groups excluding carboxylic acids is 1. The third-order valence-corrected chi connectivity index (χ3v) is 5.19. The molecule has 2 aromatic carbocycles. The molecule has 0 aromatic heterocycles. The number of amides is 1. The second kappa shape index (κ2) is 6.76. The van der Waals surface area contributed by atoms with E-state index in [-0.39, 0.29) is 11.9 Å². The largest absolute Gasteiger partial charge is 0.496 e. The van der Waals surface area contributed by atoms with Crippen molar-refractivity contribution in [2.75, 3.05) is 23.0 Å². The topological polar surface area (TPSA) is 75.7 Å². The Balaban J connectivity index is 1.78. The Hall–Kier alpha value is -2.54. The van der Waals surface area contributed by atoms with Crippen LogP contribution in [0.2, 0.25) is 0 Å². The summed E-state index contributed by atoms with van der Waals surface area (Å²) in [6.45, 7) is 0. The molecule has 1 saturated carbocycles. The van der Waals surface area contributed by atoms with Crippen molar-refractivity contribution in [1.29, 1.82) is 0 Å². The van der Waals surface area contributed by atoms with Gasteiger partial charge in [0.05, 0.1) is 24.6 Å². The average Bonchev–Trinajstić information content (AvgIpc) is 3.40. The molecule has 3 rings (SSSR count). The van der Waals surface area contributed by atoms with Crippen LogP contribution in [0.25, 0.3) is 0 Å². The molecule has 7 heteroatoms. The molecule has 0 saturated heterocycles. The zero-order valence-electron chi connectivity index (χ0n) is 14.1. The highest BCUT2D eigenvalue weighted by Gasteiger charge is 2.35. The molecular formula is C18H20N2O4S. The van der Waals surface area contributed by atoms with Gasteiger partial charge in [-0.2, -0.15) is 0 Å². The minimum absolute atomic E-state index is 0.0454. The summed E-state index contributed by atoms with van der Waals surface area (Å²) >= 11 is 0. The standard InChI is InChI=1S/C18H20N2O4S/c1-24-17-6-4-3-5-16(17)18(21)19-13-7-9-14(10-8-13)20(15-11-12-15)25(2,22)23/h3-10,15H,11-12H2,1-2H3,(H,19,21). The van der Waals surface area contributed by atoms with Crippen LogP contribution >= 0.6 is 0 Å². The lowest BCUT2D eigenvalue weighted by atomic mass is 10.2. The molecule has 1 amide bonds. The Labute approximate surface area is 147 Å². The molecule has 2 aromatic rings. The SMILES string of the molecule is COc1ccccc1C(=O)Nc1ccc(N(C2CC2)S(C)(=O)=O)cc1. The quantitative estimate of drug-likeness (QED) is 0.859. The molecule has 0 heterocycles. The van der Waals surface area contributed by atoms with E-state index in [1.165, 1.54) is 17.7 Å². The number of methoxy groups -OCH3 is 1. The fourth-order valence-electron chi connectivity index (χ4n) is 2.70. The Kier molecular flexibility index (Phi) is 4.67. The van der Waals surface area contributed by atoms with Gasteiger partial charge in [0.1, 0.15) is 5.75 Å². The summed E-state index contributed by atoms with van der Waals surface area (Å²) < 4.78 is 30.6. The number of carbonyl (C=O) groups is 1. The molecule has 0 aliphatic heterocycles. The van der Waals surface area contributed by atoms with E-state index in [0.29, 0.717) is 22.7 Å². The second-order valence-corrected chi connectivity index (χ2v) is 7.85. The van der Waals surface area contributed by atoms with Gasteiger partial charge in [0.25, 0.3) is 5.91 Å². The molecule has 25 heavy (non-hydrogen) atoms. The van der Waals surface area contributed by atoms with Crippen LogP contribution < -0.4 is 14.4 Å². The zero-order valence-corrected chi connectivity index (χ0v) is 14.9. The second-order valence-electron chi connectivity index (χ2n) is 5.99. The van der Waals surface area contributed by atoms with Gasteiger partial charge < -0.3 is 10.1 Å². The normalized spacial score (nSPS) is 14.0. The lowest BCUT2D eigenvalue weighted by Crippen LogP contribution is -2.31. The number of benzene rings is 2. The van der Waals surface area contributed by atoms with E-state index in [1.807, 2.05) is 0 Å². The van der Waals surface area contributed by atoms with E-state index < -0.39 is 10.0 Å². The molecule has 1 aliphatic rings. The molecule has 132 valence electrons. The third kappa shape index (κ3) is 3.93. The van der Waals surface area contributed by atoms with Crippen molar-refractivity contribution in [3.63, 3.8) is 0 Å². The predicted molar refractivity (Wildman–Crippen MR) is 97.7 cm³/mol. The van der Waals surface area contributed by atoms with Crippen molar-refractivity contribution >= 4 is 27.3 Å². The summed E-state index contributed by atoms with van der Waals surface area (Å²) in [6, 6.07) is 13.8. The third-order valence-electron chi connectivity index (χ3n) is 3.97. The molecule has 0 unspecified atom stereocenters. The van der Waals surface area contributed by atoms with Gasteiger partial charge in [0.15, 0.2) is 0 Å². The van der Waals surface area contributed by atoms with E-state index in [1.54, 1.807) is 48.5 Å². The van der Waals surface area contributed by atoms with Gasteiger partial charge in [-0.3, -0.25) is 9.10 Å². The maximum atomic E-state index is 12.4. The van der Waals surface area contributed by atoms with Crippen LogP contribution in [0.15, 0.2) is 48.5 Å². The van der Waals surface area contributed by atoms with E-state index in [2.05, 4.69) is 5.32 Å². The smallest absolute Gasteiger partial charge is 0.259 e. The van der Waals surface area contributed by atoms with Gasteiger partial charge in [-0.15, -0.1) is 0 Å². The first kappa shape index (κ1) is 17.3. The first-order chi connectivity index (χ1) is 11.9. The van der Waals surface area contributed by atoms with Crippen molar-refractivity contribution < 1.29 is 17.9 Å². The summed E-state index contributed by atoms with van der Waals surface area (Å²) in [4.78, 5) is 12.4. The Morgan fingerprint density at radius 1 is 1.12 bits per heavy atom. The molecule has 0 spiro atoms. The van der Waals surface area contributed by atoms with Crippen molar-refractivity contribution in [2.45, 2.75) is 18.9 Å². The molecule has 0 radical (unpaired) electrons. The number of nitrogens with zero attached hydrogens (tertiary/aromatic N) is 1. The van der Waals surface area contributed by atoms with Crippen LogP contribution in [-0.2, 0) is 10.0 Å². The van der Waals surface area contributed by atoms with Crippen LogP contribution in [0.5, 0.6) is 5.75 Å². The van der Waals surface area contributed by atoms with Gasteiger partial charge in [-0.1, -0.05) is 12.1 Å². The highest BCUT2D eigenvalue weighted by atomic mass is 32.2. The van der Waals surface area contributed by atoms with Gasteiger partial charge >= 0.3 is 0 Å². The van der Waals surface area contributed by atoms with Crippen LogP contribution in [0.4, 0.5) is 11.4 Å². The molecule has 1 N–H and O–H groups in total. The zero-order chi connectivity index (χ0) is 18.0. The number of hydrogen-bond acceptors (Lipinski definition) is 4. The minimum Gasteiger partial charge on any atom is -0.496 e. The molecule has 6 nitrogen and oxygen atoms in total. The number of hydrogen-bond donors (Lipinski definition) is 1. The Morgan fingerprint density at radius 3 is 2.32 bits per heavy atom. The van der Waals surface area contributed by atoms with Gasteiger partial charge in [0.2, 0.25) is 10.0 Å². The first-order valence-electron chi connectivity index (χ1n) is 7.94. The van der Waals surface area contributed by atoms with E-state index in [0.717, 1.165) is 12.8 Å². The van der Waals surface area contributed by atoms with Crippen molar-refractivity contribution in [2.24, 2.45) is 0 Å². The number of sulfonamides is 1. The summed E-state index contributed by atoms with van der Waals surface area (Å²) in [5.41, 5.74) is 1.63.